The van der Waals surface area contributed by atoms with Crippen LogP contribution in [0.2, 0.25) is 5.02 Å². The Labute approximate surface area is 197 Å². The molecule has 0 radical (unpaired) electrons. The number of oxazole rings is 1. The Bertz CT molecular complexity index is 1250. The van der Waals surface area contributed by atoms with Gasteiger partial charge in [0.15, 0.2) is 17.8 Å². The number of nitrogens with zero attached hydrogens (tertiary/aromatic N) is 2. The molecule has 12 heteroatoms. The van der Waals surface area contributed by atoms with Gasteiger partial charge in [0.2, 0.25) is 5.91 Å². The van der Waals surface area contributed by atoms with Crippen LogP contribution in [-0.4, -0.2) is 56.7 Å². The number of aromatic carboxylic acids is 1. The maximum Gasteiger partial charge on any atom is 0.358 e. The van der Waals surface area contributed by atoms with E-state index in [1.54, 1.807) is 24.3 Å². The molecule has 2 aromatic carbocycles. The second-order valence-corrected chi connectivity index (χ2v) is 7.95. The lowest BCUT2D eigenvalue weighted by molar-refractivity contribution is -0.119. The van der Waals surface area contributed by atoms with Crippen LogP contribution in [0.1, 0.15) is 16.9 Å². The number of hydrogen-bond acceptors (Lipinski definition) is 6. The highest BCUT2D eigenvalue weighted by Gasteiger charge is 2.39. The molecule has 1 aromatic heterocycles. The first-order valence-corrected chi connectivity index (χ1v) is 10.4. The number of carboxylic acids is 1. The van der Waals surface area contributed by atoms with Crippen LogP contribution < -0.4 is 10.6 Å². The first kappa shape index (κ1) is 23.2. The zero-order chi connectivity index (χ0) is 24.4. The smallest absolute Gasteiger partial charge is 0.358 e. The van der Waals surface area contributed by atoms with Gasteiger partial charge in [-0.05, 0) is 42.5 Å². The maximum atomic E-state index is 14.7. The van der Waals surface area contributed by atoms with E-state index in [4.69, 9.17) is 21.1 Å². The third-order valence-electron chi connectivity index (χ3n) is 5.20. The summed E-state index contributed by atoms with van der Waals surface area (Å²) in [4.78, 5) is 41.5. The van der Waals surface area contributed by atoms with E-state index < -0.39 is 35.9 Å². The molecule has 3 amide bonds. The number of aliphatic hydroxyl groups is 1. The number of hydrogen-bond donors (Lipinski definition) is 4. The van der Waals surface area contributed by atoms with Gasteiger partial charge in [-0.15, -0.1) is 0 Å². The SMILES string of the molecule is O=C(O)c1ncoc1-c1ccc(NC(=O)C2CC(O)CN2C(=O)Nc2ccc(Cl)cc2)c(F)c1. The lowest BCUT2D eigenvalue weighted by atomic mass is 10.1. The van der Waals surface area contributed by atoms with E-state index in [0.29, 0.717) is 10.7 Å². The van der Waals surface area contributed by atoms with Gasteiger partial charge in [-0.3, -0.25) is 4.79 Å². The molecule has 2 unspecified atom stereocenters. The molecule has 0 aliphatic carbocycles. The third-order valence-corrected chi connectivity index (χ3v) is 5.45. The molecular weight excluding hydrogens is 471 g/mol. The van der Waals surface area contributed by atoms with Crippen LogP contribution in [0.4, 0.5) is 20.6 Å². The molecule has 3 aromatic rings. The van der Waals surface area contributed by atoms with E-state index in [2.05, 4.69) is 15.6 Å². The summed E-state index contributed by atoms with van der Waals surface area (Å²) in [5.74, 6) is -3.01. The predicted molar refractivity (Wildman–Crippen MR) is 119 cm³/mol. The van der Waals surface area contributed by atoms with Crippen LogP contribution in [0.3, 0.4) is 0 Å². The van der Waals surface area contributed by atoms with Crippen molar-refractivity contribution in [2.24, 2.45) is 0 Å². The minimum absolute atomic E-state index is 0.0282. The van der Waals surface area contributed by atoms with Gasteiger partial charge >= 0.3 is 12.0 Å². The van der Waals surface area contributed by atoms with Gasteiger partial charge in [-0.2, -0.15) is 0 Å². The topological polar surface area (TPSA) is 145 Å². The number of urea groups is 1. The predicted octanol–water partition coefficient (Wildman–Crippen LogP) is 3.44. The number of benzene rings is 2. The highest BCUT2D eigenvalue weighted by atomic mass is 35.5. The van der Waals surface area contributed by atoms with Gasteiger partial charge in [0.05, 0.1) is 11.8 Å². The molecule has 0 saturated carbocycles. The number of aromatic nitrogens is 1. The van der Waals surface area contributed by atoms with E-state index >= 15 is 0 Å². The number of amides is 3. The standard InChI is InChI=1S/C22H18ClFN4O6/c23-12-2-4-13(5-3-12)26-22(33)28-9-14(29)8-17(28)20(30)27-16-6-1-11(7-15(16)24)19-18(21(31)32)25-10-34-19/h1-7,10,14,17,29H,8-9H2,(H,26,33)(H,27,30)(H,31,32). The number of nitrogens with one attached hydrogen (secondary N) is 2. The summed E-state index contributed by atoms with van der Waals surface area (Å²) in [6, 6.07) is 8.29. The minimum Gasteiger partial charge on any atom is -0.476 e. The van der Waals surface area contributed by atoms with Crippen molar-refractivity contribution in [2.45, 2.75) is 18.6 Å². The van der Waals surface area contributed by atoms with Gasteiger partial charge < -0.3 is 30.2 Å². The molecule has 2 atom stereocenters. The van der Waals surface area contributed by atoms with Gasteiger partial charge in [0.25, 0.3) is 0 Å². The van der Waals surface area contributed by atoms with Crippen LogP contribution >= 0.6 is 11.6 Å². The number of halogens is 2. The van der Waals surface area contributed by atoms with Crippen molar-refractivity contribution in [3.05, 3.63) is 65.4 Å². The fourth-order valence-corrected chi connectivity index (χ4v) is 3.72. The Hall–Kier alpha value is -3.96. The normalized spacial score (nSPS) is 17.4. The van der Waals surface area contributed by atoms with E-state index in [-0.39, 0.29) is 35.7 Å². The number of likely N-dealkylation sites (tertiary alicyclic amines) is 1. The summed E-state index contributed by atoms with van der Waals surface area (Å²) in [6.07, 6.45) is -0.0269. The number of carbonyl (C=O) groups is 3. The molecule has 1 aliphatic heterocycles. The van der Waals surface area contributed by atoms with E-state index in [1.165, 1.54) is 12.1 Å². The molecule has 0 bridgehead atoms. The molecule has 4 rings (SSSR count). The Balaban J connectivity index is 1.48. The number of aliphatic hydroxyl groups excluding tert-OH is 1. The van der Waals surface area contributed by atoms with Crippen LogP contribution in [-0.2, 0) is 4.79 Å². The van der Waals surface area contributed by atoms with Crippen molar-refractivity contribution in [1.29, 1.82) is 0 Å². The van der Waals surface area contributed by atoms with Crippen molar-refractivity contribution in [2.75, 3.05) is 17.2 Å². The van der Waals surface area contributed by atoms with Crippen LogP contribution in [0.5, 0.6) is 0 Å². The van der Waals surface area contributed by atoms with Gasteiger partial charge in [-0.25, -0.2) is 19.0 Å². The quantitative estimate of drug-likeness (QED) is 0.430. The molecule has 4 N–H and O–H groups in total. The lowest BCUT2D eigenvalue weighted by Gasteiger charge is -2.24. The van der Waals surface area contributed by atoms with Gasteiger partial charge in [0.1, 0.15) is 11.9 Å². The summed E-state index contributed by atoms with van der Waals surface area (Å²) in [6.45, 7) is -0.0810. The Morgan fingerprint density at radius 2 is 1.88 bits per heavy atom. The number of carboxylic acid groups (broad SMARTS) is 1. The fourth-order valence-electron chi connectivity index (χ4n) is 3.59. The van der Waals surface area contributed by atoms with Crippen LogP contribution in [0.25, 0.3) is 11.3 Å². The monoisotopic (exact) mass is 488 g/mol. The molecular formula is C22H18ClFN4O6. The first-order chi connectivity index (χ1) is 16.2. The van der Waals surface area contributed by atoms with Gasteiger partial charge in [-0.1, -0.05) is 11.6 Å². The first-order valence-electron chi connectivity index (χ1n) is 10.0. The largest absolute Gasteiger partial charge is 0.476 e. The molecule has 1 saturated heterocycles. The van der Waals surface area contributed by atoms with Crippen molar-refractivity contribution < 1.29 is 33.4 Å². The molecule has 2 heterocycles. The summed E-state index contributed by atoms with van der Waals surface area (Å²) in [7, 11) is 0. The minimum atomic E-state index is -1.33. The summed E-state index contributed by atoms with van der Waals surface area (Å²) >= 11 is 5.84. The third kappa shape index (κ3) is 4.85. The average molecular weight is 489 g/mol. The summed E-state index contributed by atoms with van der Waals surface area (Å²) in [5, 5.41) is 24.7. The molecule has 10 nitrogen and oxygen atoms in total. The van der Waals surface area contributed by atoms with Crippen molar-refractivity contribution in [3.8, 4) is 11.3 Å². The Morgan fingerprint density at radius 3 is 2.56 bits per heavy atom. The molecule has 1 aliphatic rings. The van der Waals surface area contributed by atoms with Crippen LogP contribution in [0.15, 0.2) is 53.3 Å². The molecule has 34 heavy (non-hydrogen) atoms. The zero-order valence-corrected chi connectivity index (χ0v) is 18.1. The van der Waals surface area contributed by atoms with E-state index in [9.17, 15) is 23.9 Å². The van der Waals surface area contributed by atoms with Crippen LogP contribution in [0, 0.1) is 5.82 Å². The summed E-state index contributed by atoms with van der Waals surface area (Å²) < 4.78 is 19.7. The number of carbonyl (C=O) groups excluding carboxylic acids is 2. The number of rotatable bonds is 5. The Morgan fingerprint density at radius 1 is 1.15 bits per heavy atom. The lowest BCUT2D eigenvalue weighted by Crippen LogP contribution is -2.45. The highest BCUT2D eigenvalue weighted by Crippen LogP contribution is 2.28. The molecule has 1 fully saturated rings. The Kier molecular flexibility index (Phi) is 6.48. The summed E-state index contributed by atoms with van der Waals surface area (Å²) in [5.41, 5.74) is -0.00144. The molecule has 176 valence electrons. The highest BCUT2D eigenvalue weighted by molar-refractivity contribution is 6.30. The van der Waals surface area contributed by atoms with Crippen molar-refractivity contribution in [3.63, 3.8) is 0 Å². The number of β-amino-alcohol motifs (C(OH)–C–C–N with tert-alkyl or cyclic N) is 1. The number of anilines is 2. The van der Waals surface area contributed by atoms with Gasteiger partial charge in [0, 0.05) is 29.2 Å². The zero-order valence-electron chi connectivity index (χ0n) is 17.4. The van der Waals surface area contributed by atoms with Crippen molar-refractivity contribution in [1.82, 2.24) is 9.88 Å². The second-order valence-electron chi connectivity index (χ2n) is 7.51. The van der Waals surface area contributed by atoms with E-state index in [0.717, 1.165) is 17.4 Å². The second kappa shape index (κ2) is 9.49. The average Bonchev–Trinajstić information content (AvgIpc) is 3.44. The van der Waals surface area contributed by atoms with Crippen molar-refractivity contribution >= 4 is 40.9 Å². The fraction of sp³-hybridized carbons (Fsp3) is 0.182. The van der Waals surface area contributed by atoms with E-state index in [1.807, 2.05) is 0 Å². The molecule has 0 spiro atoms. The maximum absolute atomic E-state index is 14.7.